The predicted molar refractivity (Wildman–Crippen MR) is 87.9 cm³/mol. The number of nitrogens with one attached hydrogen (secondary N) is 1. The Balaban J connectivity index is 1.69. The topological polar surface area (TPSA) is 67.8 Å². The predicted octanol–water partition coefficient (Wildman–Crippen LogP) is 3.12. The third kappa shape index (κ3) is 3.90. The molecule has 2 aromatic heterocycles. The van der Waals surface area contributed by atoms with Gasteiger partial charge in [-0.05, 0) is 35.9 Å². The summed E-state index contributed by atoms with van der Waals surface area (Å²) >= 11 is 5.81. The SMILES string of the molecule is O=C(NCc1cncc(-c2cncnc2)c1)c1ccc(Cl)cc1. The van der Waals surface area contributed by atoms with E-state index in [9.17, 15) is 4.79 Å². The van der Waals surface area contributed by atoms with Gasteiger partial charge in [0.05, 0.1) is 0 Å². The first-order valence-corrected chi connectivity index (χ1v) is 7.33. The molecule has 0 saturated heterocycles. The van der Waals surface area contributed by atoms with Crippen molar-refractivity contribution in [2.24, 2.45) is 0 Å². The molecule has 23 heavy (non-hydrogen) atoms. The number of halogens is 1. The fourth-order valence-electron chi connectivity index (χ4n) is 2.08. The molecule has 0 aliphatic carbocycles. The van der Waals surface area contributed by atoms with E-state index in [1.165, 1.54) is 6.33 Å². The number of carbonyl (C=O) groups is 1. The quantitative estimate of drug-likeness (QED) is 0.800. The van der Waals surface area contributed by atoms with Crippen LogP contribution in [0, 0.1) is 0 Å². The summed E-state index contributed by atoms with van der Waals surface area (Å²) in [4.78, 5) is 24.3. The highest BCUT2D eigenvalue weighted by molar-refractivity contribution is 6.30. The number of amides is 1. The minimum atomic E-state index is -0.157. The molecule has 0 spiro atoms. The standard InChI is InChI=1S/C17H13ClN4O/c18-16-3-1-13(2-4-16)17(23)22-7-12-5-14(8-19-6-12)15-9-20-11-21-10-15/h1-6,8-11H,7H2,(H,22,23). The lowest BCUT2D eigenvalue weighted by molar-refractivity contribution is 0.0951. The molecule has 0 bridgehead atoms. The van der Waals surface area contributed by atoms with Gasteiger partial charge in [0.15, 0.2) is 0 Å². The van der Waals surface area contributed by atoms with E-state index in [1.807, 2.05) is 6.07 Å². The van der Waals surface area contributed by atoms with E-state index >= 15 is 0 Å². The van der Waals surface area contributed by atoms with E-state index in [1.54, 1.807) is 49.1 Å². The molecule has 0 unspecified atom stereocenters. The molecule has 3 rings (SSSR count). The number of hydrogen-bond acceptors (Lipinski definition) is 4. The molecule has 1 aromatic carbocycles. The Hall–Kier alpha value is -2.79. The summed E-state index contributed by atoms with van der Waals surface area (Å²) in [6, 6.07) is 8.71. The molecule has 0 saturated carbocycles. The maximum atomic E-state index is 12.1. The zero-order valence-corrected chi connectivity index (χ0v) is 12.9. The summed E-state index contributed by atoms with van der Waals surface area (Å²) in [5.41, 5.74) is 3.25. The lowest BCUT2D eigenvalue weighted by atomic mass is 10.1. The number of carbonyl (C=O) groups excluding carboxylic acids is 1. The van der Waals surface area contributed by atoms with Crippen molar-refractivity contribution < 1.29 is 4.79 Å². The molecule has 114 valence electrons. The van der Waals surface area contributed by atoms with Crippen LogP contribution in [0.2, 0.25) is 5.02 Å². The van der Waals surface area contributed by atoms with Crippen LogP contribution in [0.25, 0.3) is 11.1 Å². The van der Waals surface area contributed by atoms with Gasteiger partial charge in [-0.1, -0.05) is 11.6 Å². The first-order valence-electron chi connectivity index (χ1n) is 6.95. The third-order valence-corrected chi connectivity index (χ3v) is 3.50. The Labute approximate surface area is 138 Å². The van der Waals surface area contributed by atoms with Gasteiger partial charge in [0.2, 0.25) is 0 Å². The minimum Gasteiger partial charge on any atom is -0.348 e. The van der Waals surface area contributed by atoms with Crippen LogP contribution in [-0.2, 0) is 6.54 Å². The molecule has 1 amide bonds. The Morgan fingerprint density at radius 2 is 1.65 bits per heavy atom. The monoisotopic (exact) mass is 324 g/mol. The Morgan fingerprint density at radius 1 is 0.957 bits per heavy atom. The van der Waals surface area contributed by atoms with Crippen molar-refractivity contribution in [2.45, 2.75) is 6.54 Å². The first-order chi connectivity index (χ1) is 11.2. The van der Waals surface area contributed by atoms with E-state index < -0.39 is 0 Å². The number of pyridine rings is 1. The third-order valence-electron chi connectivity index (χ3n) is 3.25. The van der Waals surface area contributed by atoms with Gasteiger partial charge in [-0.3, -0.25) is 9.78 Å². The molecule has 5 nitrogen and oxygen atoms in total. The molecule has 1 N–H and O–H groups in total. The van der Waals surface area contributed by atoms with Crippen molar-refractivity contribution in [3.05, 3.63) is 77.6 Å². The Kier molecular flexibility index (Phi) is 4.59. The van der Waals surface area contributed by atoms with Gasteiger partial charge in [-0.15, -0.1) is 0 Å². The number of aromatic nitrogens is 3. The summed E-state index contributed by atoms with van der Waals surface area (Å²) in [5, 5.41) is 3.46. The number of nitrogens with zero attached hydrogens (tertiary/aromatic N) is 3. The fraction of sp³-hybridized carbons (Fsp3) is 0.0588. The summed E-state index contributed by atoms with van der Waals surface area (Å²) in [5.74, 6) is -0.157. The van der Waals surface area contributed by atoms with Gasteiger partial charge in [0.25, 0.3) is 5.91 Å². The van der Waals surface area contributed by atoms with E-state index in [0.29, 0.717) is 17.1 Å². The van der Waals surface area contributed by atoms with Crippen molar-refractivity contribution >= 4 is 17.5 Å². The average Bonchev–Trinajstić information content (AvgIpc) is 2.61. The summed E-state index contributed by atoms with van der Waals surface area (Å²) in [7, 11) is 0. The maximum Gasteiger partial charge on any atom is 0.251 e. The van der Waals surface area contributed by atoms with Crippen LogP contribution in [0.15, 0.2) is 61.4 Å². The molecule has 0 radical (unpaired) electrons. The van der Waals surface area contributed by atoms with E-state index in [2.05, 4.69) is 20.3 Å². The fourth-order valence-corrected chi connectivity index (χ4v) is 2.20. The van der Waals surface area contributed by atoms with Gasteiger partial charge >= 0.3 is 0 Å². The summed E-state index contributed by atoms with van der Waals surface area (Å²) < 4.78 is 0. The smallest absolute Gasteiger partial charge is 0.251 e. The van der Waals surface area contributed by atoms with E-state index in [0.717, 1.165) is 16.7 Å². The molecule has 0 aliphatic rings. The van der Waals surface area contributed by atoms with Crippen molar-refractivity contribution in [3.8, 4) is 11.1 Å². The van der Waals surface area contributed by atoms with E-state index in [4.69, 9.17) is 11.6 Å². The highest BCUT2D eigenvalue weighted by Gasteiger charge is 2.06. The molecule has 0 atom stereocenters. The van der Waals surface area contributed by atoms with Crippen LogP contribution in [-0.4, -0.2) is 20.9 Å². The molecular formula is C17H13ClN4O. The van der Waals surface area contributed by atoms with E-state index in [-0.39, 0.29) is 5.91 Å². The number of rotatable bonds is 4. The second-order valence-electron chi connectivity index (χ2n) is 4.90. The van der Waals surface area contributed by atoms with Crippen molar-refractivity contribution in [1.82, 2.24) is 20.3 Å². The van der Waals surface area contributed by atoms with Crippen molar-refractivity contribution in [1.29, 1.82) is 0 Å². The van der Waals surface area contributed by atoms with Crippen LogP contribution < -0.4 is 5.32 Å². The molecule has 6 heteroatoms. The van der Waals surface area contributed by atoms with Crippen molar-refractivity contribution in [2.75, 3.05) is 0 Å². The molecule has 0 fully saturated rings. The average molecular weight is 325 g/mol. The first kappa shape index (κ1) is 15.1. The van der Waals surface area contributed by atoms with Crippen LogP contribution in [0.1, 0.15) is 15.9 Å². The van der Waals surface area contributed by atoms with Crippen LogP contribution in [0.3, 0.4) is 0 Å². The normalized spacial score (nSPS) is 10.3. The lowest BCUT2D eigenvalue weighted by Gasteiger charge is -2.07. The molecule has 2 heterocycles. The summed E-state index contributed by atoms with van der Waals surface area (Å²) in [6.07, 6.45) is 8.38. The maximum absolute atomic E-state index is 12.1. The van der Waals surface area contributed by atoms with Crippen LogP contribution in [0.4, 0.5) is 0 Å². The number of benzene rings is 1. The minimum absolute atomic E-state index is 0.157. The van der Waals surface area contributed by atoms with Crippen LogP contribution >= 0.6 is 11.6 Å². The Morgan fingerprint density at radius 3 is 2.39 bits per heavy atom. The summed E-state index contributed by atoms with van der Waals surface area (Å²) in [6.45, 7) is 0.385. The highest BCUT2D eigenvalue weighted by Crippen LogP contribution is 2.17. The van der Waals surface area contributed by atoms with Gasteiger partial charge in [-0.2, -0.15) is 0 Å². The van der Waals surface area contributed by atoms with Crippen molar-refractivity contribution in [3.63, 3.8) is 0 Å². The Bertz CT molecular complexity index is 806. The van der Waals surface area contributed by atoms with Gasteiger partial charge in [0, 0.05) is 53.0 Å². The largest absolute Gasteiger partial charge is 0.348 e. The second kappa shape index (κ2) is 6.98. The molecular weight excluding hydrogens is 312 g/mol. The van der Waals surface area contributed by atoms with Gasteiger partial charge < -0.3 is 5.32 Å². The molecule has 0 aliphatic heterocycles. The number of hydrogen-bond donors (Lipinski definition) is 1. The lowest BCUT2D eigenvalue weighted by Crippen LogP contribution is -2.22. The zero-order valence-electron chi connectivity index (χ0n) is 12.1. The van der Waals surface area contributed by atoms with Gasteiger partial charge in [-0.25, -0.2) is 9.97 Å². The van der Waals surface area contributed by atoms with Crippen LogP contribution in [0.5, 0.6) is 0 Å². The zero-order chi connectivity index (χ0) is 16.1. The molecule has 3 aromatic rings. The van der Waals surface area contributed by atoms with Gasteiger partial charge in [0.1, 0.15) is 6.33 Å². The highest BCUT2D eigenvalue weighted by atomic mass is 35.5. The second-order valence-corrected chi connectivity index (χ2v) is 5.34.